The van der Waals surface area contributed by atoms with Crippen LogP contribution in [0.5, 0.6) is 0 Å². The largest absolute Gasteiger partial charge is 0.342 e. The number of hydrogen-bond donors (Lipinski definition) is 1. The Morgan fingerprint density at radius 3 is 2.35 bits per heavy atom. The number of benzene rings is 3. The quantitative estimate of drug-likeness (QED) is 0.356. The summed E-state index contributed by atoms with van der Waals surface area (Å²) in [6.45, 7) is 2.80. The van der Waals surface area contributed by atoms with E-state index in [1.807, 2.05) is 66.9 Å². The SMILES string of the molecule is Cc1cccc(Cn2cc(/C=C3/C(=O)NC(=O)N(Cc4ccccc4)C3=O)c3ccccc32)c1. The third kappa shape index (κ3) is 4.13. The van der Waals surface area contributed by atoms with Gasteiger partial charge in [0.2, 0.25) is 0 Å². The van der Waals surface area contributed by atoms with Crippen molar-refractivity contribution in [3.05, 3.63) is 113 Å². The zero-order valence-corrected chi connectivity index (χ0v) is 18.7. The Morgan fingerprint density at radius 1 is 0.824 bits per heavy atom. The summed E-state index contributed by atoms with van der Waals surface area (Å²) in [4.78, 5) is 39.3. The molecule has 1 aliphatic heterocycles. The van der Waals surface area contributed by atoms with Crippen molar-refractivity contribution in [1.82, 2.24) is 14.8 Å². The highest BCUT2D eigenvalue weighted by Gasteiger charge is 2.35. The third-order valence-corrected chi connectivity index (χ3v) is 5.92. The number of amides is 4. The average molecular weight is 450 g/mol. The molecule has 2 heterocycles. The van der Waals surface area contributed by atoms with Crippen molar-refractivity contribution in [2.24, 2.45) is 0 Å². The third-order valence-electron chi connectivity index (χ3n) is 5.92. The van der Waals surface area contributed by atoms with Crippen LogP contribution in [-0.2, 0) is 22.7 Å². The summed E-state index contributed by atoms with van der Waals surface area (Å²) in [5.74, 6) is -1.29. The maximum absolute atomic E-state index is 13.2. The van der Waals surface area contributed by atoms with Crippen LogP contribution < -0.4 is 5.32 Å². The highest BCUT2D eigenvalue weighted by atomic mass is 16.2. The molecule has 4 aromatic rings. The van der Waals surface area contributed by atoms with Gasteiger partial charge < -0.3 is 4.57 Å². The number of nitrogens with zero attached hydrogens (tertiary/aromatic N) is 2. The number of carbonyl (C=O) groups excluding carboxylic acids is 3. The van der Waals surface area contributed by atoms with Gasteiger partial charge in [-0.2, -0.15) is 0 Å². The molecule has 1 saturated heterocycles. The molecule has 6 nitrogen and oxygen atoms in total. The maximum atomic E-state index is 13.2. The number of barbiturate groups is 1. The number of imide groups is 2. The van der Waals surface area contributed by atoms with E-state index in [1.54, 1.807) is 6.08 Å². The second kappa shape index (κ2) is 8.83. The van der Waals surface area contributed by atoms with E-state index >= 15 is 0 Å². The first kappa shape index (κ1) is 21.4. The van der Waals surface area contributed by atoms with Gasteiger partial charge in [0, 0.05) is 29.2 Å². The molecule has 168 valence electrons. The highest BCUT2D eigenvalue weighted by Crippen LogP contribution is 2.26. The number of rotatable bonds is 5. The van der Waals surface area contributed by atoms with Crippen LogP contribution in [0.3, 0.4) is 0 Å². The molecule has 1 aromatic heterocycles. The van der Waals surface area contributed by atoms with Crippen molar-refractivity contribution in [2.75, 3.05) is 0 Å². The molecule has 0 unspecified atom stereocenters. The molecule has 6 heteroatoms. The second-order valence-electron chi connectivity index (χ2n) is 8.41. The first-order valence-electron chi connectivity index (χ1n) is 11.1. The van der Waals surface area contributed by atoms with Crippen LogP contribution >= 0.6 is 0 Å². The minimum absolute atomic E-state index is 0.0611. The average Bonchev–Trinajstić information content (AvgIpc) is 3.17. The summed E-state index contributed by atoms with van der Waals surface area (Å²) in [6.07, 6.45) is 3.52. The summed E-state index contributed by atoms with van der Waals surface area (Å²) in [6, 6.07) is 24.7. The molecule has 0 radical (unpaired) electrons. The van der Waals surface area contributed by atoms with Gasteiger partial charge in [-0.05, 0) is 30.2 Å². The van der Waals surface area contributed by atoms with Crippen molar-refractivity contribution in [1.29, 1.82) is 0 Å². The number of nitrogens with one attached hydrogen (secondary N) is 1. The van der Waals surface area contributed by atoms with E-state index in [9.17, 15) is 14.4 Å². The molecule has 4 amide bonds. The van der Waals surface area contributed by atoms with E-state index in [-0.39, 0.29) is 12.1 Å². The van der Waals surface area contributed by atoms with E-state index < -0.39 is 17.8 Å². The molecule has 0 bridgehead atoms. The predicted molar refractivity (Wildman–Crippen MR) is 131 cm³/mol. The van der Waals surface area contributed by atoms with E-state index in [4.69, 9.17) is 0 Å². The van der Waals surface area contributed by atoms with Crippen LogP contribution in [0.2, 0.25) is 0 Å². The summed E-state index contributed by atoms with van der Waals surface area (Å²) in [5, 5.41) is 3.23. The summed E-state index contributed by atoms with van der Waals surface area (Å²) in [7, 11) is 0. The number of urea groups is 1. The topological polar surface area (TPSA) is 71.4 Å². The van der Waals surface area contributed by atoms with Gasteiger partial charge in [0.25, 0.3) is 11.8 Å². The highest BCUT2D eigenvalue weighted by molar-refractivity contribution is 6.31. The molecule has 0 saturated carbocycles. The first-order valence-corrected chi connectivity index (χ1v) is 11.1. The van der Waals surface area contributed by atoms with Crippen molar-refractivity contribution in [3.8, 4) is 0 Å². The zero-order chi connectivity index (χ0) is 23.7. The molecular weight excluding hydrogens is 426 g/mol. The van der Waals surface area contributed by atoms with Gasteiger partial charge in [-0.1, -0.05) is 78.4 Å². The lowest BCUT2D eigenvalue weighted by molar-refractivity contribution is -0.130. The van der Waals surface area contributed by atoms with Crippen LogP contribution in [0.4, 0.5) is 4.79 Å². The van der Waals surface area contributed by atoms with Crippen LogP contribution in [0.15, 0.2) is 90.6 Å². The van der Waals surface area contributed by atoms with Crippen LogP contribution in [0, 0.1) is 6.92 Å². The molecule has 1 aliphatic rings. The molecule has 3 aromatic carbocycles. The molecule has 1 N–H and O–H groups in total. The van der Waals surface area contributed by atoms with E-state index in [0.29, 0.717) is 6.54 Å². The molecule has 0 atom stereocenters. The van der Waals surface area contributed by atoms with Crippen molar-refractivity contribution in [2.45, 2.75) is 20.0 Å². The smallest absolute Gasteiger partial charge is 0.331 e. The number of hydrogen-bond acceptors (Lipinski definition) is 3. The summed E-state index contributed by atoms with van der Waals surface area (Å²) in [5.41, 5.74) is 4.82. The predicted octanol–water partition coefficient (Wildman–Crippen LogP) is 4.66. The van der Waals surface area contributed by atoms with Gasteiger partial charge >= 0.3 is 6.03 Å². The lowest BCUT2D eigenvalue weighted by atomic mass is 10.1. The normalized spacial score (nSPS) is 15.3. The van der Waals surface area contributed by atoms with E-state index in [1.165, 1.54) is 5.56 Å². The Bertz CT molecular complexity index is 1450. The zero-order valence-electron chi connectivity index (χ0n) is 18.7. The number of para-hydroxylation sites is 1. The summed E-state index contributed by atoms with van der Waals surface area (Å²) >= 11 is 0. The number of aromatic nitrogens is 1. The Labute approximate surface area is 197 Å². The standard InChI is InChI=1S/C28H23N3O3/c1-19-8-7-11-21(14-19)16-30-18-22(23-12-5-6-13-25(23)30)15-24-26(32)29-28(34)31(27(24)33)17-20-9-3-2-4-10-20/h2-15,18H,16-17H2,1H3,(H,29,32,34)/b24-15-. The van der Waals surface area contributed by atoms with Gasteiger partial charge in [0.1, 0.15) is 5.57 Å². The first-order chi connectivity index (χ1) is 16.5. The monoisotopic (exact) mass is 449 g/mol. The Balaban J connectivity index is 1.52. The number of fused-ring (bicyclic) bond motifs is 1. The maximum Gasteiger partial charge on any atom is 0.331 e. The van der Waals surface area contributed by atoms with Crippen molar-refractivity contribution in [3.63, 3.8) is 0 Å². The van der Waals surface area contributed by atoms with Crippen molar-refractivity contribution >= 4 is 34.8 Å². The fourth-order valence-corrected chi connectivity index (χ4v) is 4.29. The van der Waals surface area contributed by atoms with Crippen LogP contribution in [0.1, 0.15) is 22.3 Å². The molecule has 5 rings (SSSR count). The van der Waals surface area contributed by atoms with Gasteiger partial charge in [0.15, 0.2) is 0 Å². The fourth-order valence-electron chi connectivity index (χ4n) is 4.29. The Kier molecular flexibility index (Phi) is 5.55. The van der Waals surface area contributed by atoms with Gasteiger partial charge in [0.05, 0.1) is 6.54 Å². The number of aryl methyl sites for hydroxylation is 1. The van der Waals surface area contributed by atoms with Gasteiger partial charge in [-0.15, -0.1) is 0 Å². The minimum atomic E-state index is -0.710. The lowest BCUT2D eigenvalue weighted by Gasteiger charge is -2.26. The lowest BCUT2D eigenvalue weighted by Crippen LogP contribution is -2.53. The Morgan fingerprint density at radius 2 is 1.56 bits per heavy atom. The van der Waals surface area contributed by atoms with E-state index in [2.05, 4.69) is 35.0 Å². The molecule has 34 heavy (non-hydrogen) atoms. The minimum Gasteiger partial charge on any atom is -0.342 e. The molecule has 0 aliphatic carbocycles. The van der Waals surface area contributed by atoms with Gasteiger partial charge in [-0.25, -0.2) is 4.79 Å². The molecule has 1 fully saturated rings. The number of carbonyl (C=O) groups is 3. The van der Waals surface area contributed by atoms with Crippen molar-refractivity contribution < 1.29 is 14.4 Å². The second-order valence-corrected chi connectivity index (χ2v) is 8.41. The van der Waals surface area contributed by atoms with E-state index in [0.717, 1.165) is 32.5 Å². The fraction of sp³-hybridized carbons (Fsp3) is 0.107. The molecular formula is C28H23N3O3. The van der Waals surface area contributed by atoms with Crippen LogP contribution in [0.25, 0.3) is 17.0 Å². The van der Waals surface area contributed by atoms with Crippen LogP contribution in [-0.4, -0.2) is 27.3 Å². The van der Waals surface area contributed by atoms with Gasteiger partial charge in [-0.3, -0.25) is 19.8 Å². The molecule has 0 spiro atoms. The summed E-state index contributed by atoms with van der Waals surface area (Å²) < 4.78 is 2.11. The Hall–Kier alpha value is -4.45.